The van der Waals surface area contributed by atoms with Gasteiger partial charge in [0.1, 0.15) is 19.0 Å². The lowest BCUT2D eigenvalue weighted by molar-refractivity contribution is 0.162. The fourth-order valence-corrected chi connectivity index (χ4v) is 1.85. The highest BCUT2D eigenvalue weighted by molar-refractivity contribution is 5.71. The second kappa shape index (κ2) is 7.88. The van der Waals surface area contributed by atoms with E-state index in [1.54, 1.807) is 0 Å². The van der Waals surface area contributed by atoms with Gasteiger partial charge in [0.2, 0.25) is 0 Å². The van der Waals surface area contributed by atoms with Crippen LogP contribution in [0.3, 0.4) is 0 Å². The Balaban J connectivity index is 1.94. The molecule has 0 aromatic heterocycles. The lowest BCUT2D eigenvalue weighted by Crippen LogP contribution is -2.19. The van der Waals surface area contributed by atoms with Gasteiger partial charge in [-0.25, -0.2) is 4.79 Å². The maximum Gasteiger partial charge on any atom is 0.407 e. The molecule has 2 aromatic rings. The minimum Gasteiger partial charge on any atom is -0.489 e. The molecule has 4 heteroatoms. The number of hydrogen-bond donors (Lipinski definition) is 1. The molecule has 0 aliphatic heterocycles. The molecule has 2 rings (SSSR count). The number of nitrogens with one attached hydrogen (secondary N) is 1. The van der Waals surface area contributed by atoms with Crippen LogP contribution in [0.15, 0.2) is 61.2 Å². The zero-order chi connectivity index (χ0) is 15.8. The van der Waals surface area contributed by atoms with Crippen LogP contribution in [0.5, 0.6) is 5.75 Å². The van der Waals surface area contributed by atoms with Crippen LogP contribution in [0.2, 0.25) is 0 Å². The molecule has 22 heavy (non-hydrogen) atoms. The Morgan fingerprint density at radius 3 is 2.64 bits per heavy atom. The summed E-state index contributed by atoms with van der Waals surface area (Å²) < 4.78 is 10.8. The van der Waals surface area contributed by atoms with Crippen LogP contribution in [-0.4, -0.2) is 19.7 Å². The Kier molecular flexibility index (Phi) is 5.60. The van der Waals surface area contributed by atoms with E-state index in [-0.39, 0.29) is 6.61 Å². The number of carbonyl (C=O) groups excluding carboxylic acids is 1. The Labute approximate surface area is 130 Å². The van der Waals surface area contributed by atoms with Crippen LogP contribution in [0.1, 0.15) is 11.1 Å². The molecule has 0 atom stereocenters. The van der Waals surface area contributed by atoms with Gasteiger partial charge < -0.3 is 14.8 Å². The first-order valence-corrected chi connectivity index (χ1v) is 6.98. The first kappa shape index (κ1) is 15.6. The average molecular weight is 297 g/mol. The molecule has 0 fully saturated rings. The lowest BCUT2D eigenvalue weighted by atomic mass is 10.1. The number of ether oxygens (including phenoxy) is 2. The molecule has 0 aliphatic carbocycles. The van der Waals surface area contributed by atoms with Crippen molar-refractivity contribution < 1.29 is 14.3 Å². The van der Waals surface area contributed by atoms with Gasteiger partial charge in [-0.3, -0.25) is 0 Å². The average Bonchev–Trinajstić information content (AvgIpc) is 2.58. The van der Waals surface area contributed by atoms with Gasteiger partial charge in [0, 0.05) is 7.05 Å². The summed E-state index contributed by atoms with van der Waals surface area (Å²) in [6.07, 6.45) is -0.474. The van der Waals surface area contributed by atoms with E-state index in [9.17, 15) is 4.79 Å². The molecular formula is C18H19NO3. The smallest absolute Gasteiger partial charge is 0.407 e. The quantitative estimate of drug-likeness (QED) is 0.885. The summed E-state index contributed by atoms with van der Waals surface area (Å²) >= 11 is 0. The number of benzene rings is 2. The van der Waals surface area contributed by atoms with Crippen molar-refractivity contribution in [3.05, 3.63) is 72.3 Å². The molecule has 0 heterocycles. The summed E-state index contributed by atoms with van der Waals surface area (Å²) in [5.74, 6) is 0.752. The summed E-state index contributed by atoms with van der Waals surface area (Å²) in [6.45, 7) is 4.58. The lowest BCUT2D eigenvalue weighted by Gasteiger charge is -2.10. The van der Waals surface area contributed by atoms with Crippen LogP contribution in [-0.2, 0) is 11.3 Å². The molecule has 0 spiro atoms. The summed E-state index contributed by atoms with van der Waals surface area (Å²) in [6, 6.07) is 17.5. The molecule has 1 N–H and O–H groups in total. The van der Waals surface area contributed by atoms with E-state index in [0.29, 0.717) is 12.2 Å². The Hall–Kier alpha value is -2.75. The minimum atomic E-state index is -0.474. The molecule has 0 aliphatic rings. The molecule has 0 radical (unpaired) electrons. The number of alkyl carbamates (subject to hydrolysis) is 1. The molecular weight excluding hydrogens is 278 g/mol. The Morgan fingerprint density at radius 1 is 1.14 bits per heavy atom. The maximum atomic E-state index is 11.1. The zero-order valence-electron chi connectivity index (χ0n) is 12.5. The van der Waals surface area contributed by atoms with E-state index in [0.717, 1.165) is 16.9 Å². The zero-order valence-corrected chi connectivity index (χ0v) is 12.5. The summed E-state index contributed by atoms with van der Waals surface area (Å²) in [5, 5.41) is 2.39. The van der Waals surface area contributed by atoms with Crippen molar-refractivity contribution in [3.8, 4) is 5.75 Å². The Morgan fingerprint density at radius 2 is 1.91 bits per heavy atom. The number of amides is 1. The molecule has 0 saturated heterocycles. The molecule has 4 nitrogen and oxygen atoms in total. The van der Waals surface area contributed by atoms with E-state index in [1.165, 1.54) is 7.05 Å². The molecule has 2 aromatic carbocycles. The van der Waals surface area contributed by atoms with Gasteiger partial charge in [0.25, 0.3) is 0 Å². The van der Waals surface area contributed by atoms with Crippen molar-refractivity contribution in [2.45, 2.75) is 6.61 Å². The molecule has 0 saturated carbocycles. The van der Waals surface area contributed by atoms with Crippen LogP contribution in [0, 0.1) is 0 Å². The highest BCUT2D eigenvalue weighted by Gasteiger charge is 2.05. The van der Waals surface area contributed by atoms with Gasteiger partial charge in [-0.15, -0.1) is 0 Å². The minimum absolute atomic E-state index is 0.141. The SMILES string of the molecule is C=C(COC(=O)NC)c1cccc(OCc2ccccc2)c1. The highest BCUT2D eigenvalue weighted by atomic mass is 16.5. The van der Waals surface area contributed by atoms with Gasteiger partial charge in [-0.05, 0) is 28.8 Å². The standard InChI is InChI=1S/C18H19NO3/c1-14(12-22-18(20)19-2)16-9-6-10-17(11-16)21-13-15-7-4-3-5-8-15/h3-11H,1,12-13H2,2H3,(H,19,20). The topological polar surface area (TPSA) is 47.6 Å². The third-order valence-electron chi connectivity index (χ3n) is 3.07. The van der Waals surface area contributed by atoms with Crippen molar-refractivity contribution >= 4 is 11.7 Å². The monoisotopic (exact) mass is 297 g/mol. The van der Waals surface area contributed by atoms with E-state index in [4.69, 9.17) is 9.47 Å². The van der Waals surface area contributed by atoms with Crippen molar-refractivity contribution in [2.24, 2.45) is 0 Å². The third kappa shape index (κ3) is 4.66. The predicted octanol–water partition coefficient (Wildman–Crippen LogP) is 3.63. The highest BCUT2D eigenvalue weighted by Crippen LogP contribution is 2.20. The summed E-state index contributed by atoms with van der Waals surface area (Å²) in [7, 11) is 1.52. The number of hydrogen-bond acceptors (Lipinski definition) is 3. The summed E-state index contributed by atoms with van der Waals surface area (Å²) in [5.41, 5.74) is 2.71. The summed E-state index contributed by atoms with van der Waals surface area (Å²) in [4.78, 5) is 11.1. The van der Waals surface area contributed by atoms with E-state index >= 15 is 0 Å². The second-order valence-corrected chi connectivity index (χ2v) is 4.73. The maximum absolute atomic E-state index is 11.1. The van der Waals surface area contributed by atoms with E-state index < -0.39 is 6.09 Å². The van der Waals surface area contributed by atoms with Crippen LogP contribution in [0.25, 0.3) is 5.57 Å². The van der Waals surface area contributed by atoms with Gasteiger partial charge in [0.05, 0.1) is 0 Å². The fourth-order valence-electron chi connectivity index (χ4n) is 1.85. The molecule has 0 bridgehead atoms. The predicted molar refractivity (Wildman–Crippen MR) is 86.7 cm³/mol. The van der Waals surface area contributed by atoms with Gasteiger partial charge in [0.15, 0.2) is 0 Å². The van der Waals surface area contributed by atoms with Gasteiger partial charge in [-0.2, -0.15) is 0 Å². The van der Waals surface area contributed by atoms with Crippen molar-refractivity contribution in [1.82, 2.24) is 5.32 Å². The van der Waals surface area contributed by atoms with Crippen LogP contribution < -0.4 is 10.1 Å². The largest absolute Gasteiger partial charge is 0.489 e. The molecule has 0 unspecified atom stereocenters. The number of carbonyl (C=O) groups is 1. The van der Waals surface area contributed by atoms with Crippen LogP contribution >= 0.6 is 0 Å². The number of rotatable bonds is 6. The van der Waals surface area contributed by atoms with E-state index in [2.05, 4.69) is 11.9 Å². The third-order valence-corrected chi connectivity index (χ3v) is 3.07. The molecule has 1 amide bonds. The van der Waals surface area contributed by atoms with E-state index in [1.807, 2.05) is 54.6 Å². The van der Waals surface area contributed by atoms with Gasteiger partial charge >= 0.3 is 6.09 Å². The molecule has 114 valence electrons. The normalized spacial score (nSPS) is 9.86. The first-order chi connectivity index (χ1) is 10.7. The first-order valence-electron chi connectivity index (χ1n) is 6.98. The van der Waals surface area contributed by atoms with Crippen LogP contribution in [0.4, 0.5) is 4.79 Å². The van der Waals surface area contributed by atoms with Crippen molar-refractivity contribution in [2.75, 3.05) is 13.7 Å². The Bertz CT molecular complexity index is 638. The van der Waals surface area contributed by atoms with Crippen molar-refractivity contribution in [1.29, 1.82) is 0 Å². The van der Waals surface area contributed by atoms with Gasteiger partial charge in [-0.1, -0.05) is 49.0 Å². The second-order valence-electron chi connectivity index (χ2n) is 4.73. The van der Waals surface area contributed by atoms with Crippen molar-refractivity contribution in [3.63, 3.8) is 0 Å². The fraction of sp³-hybridized carbons (Fsp3) is 0.167.